The number of nitrogens with zero attached hydrogens (tertiary/aromatic N) is 7. The summed E-state index contributed by atoms with van der Waals surface area (Å²) in [5.41, 5.74) is 7.13. The molecule has 392 valence electrons. The van der Waals surface area contributed by atoms with E-state index in [4.69, 9.17) is 47.6 Å². The molecule has 3 aliphatic rings. The van der Waals surface area contributed by atoms with Crippen LogP contribution in [-0.4, -0.2) is 112 Å². The summed E-state index contributed by atoms with van der Waals surface area (Å²) in [6.45, 7) is 14.6. The minimum absolute atomic E-state index is 0.0776. The minimum Gasteiger partial charge on any atom is -0.494 e. The Bertz CT molecular complexity index is 3100. The lowest BCUT2D eigenvalue weighted by Crippen LogP contribution is -2.37. The molecule has 0 bridgehead atoms. The highest BCUT2D eigenvalue weighted by Gasteiger charge is 2.36. The first-order valence-electron chi connectivity index (χ1n) is 25.0. The van der Waals surface area contributed by atoms with Crippen LogP contribution in [0.25, 0.3) is 21.8 Å². The molecule has 2 N–H and O–H groups in total. The third kappa shape index (κ3) is 14.5. The summed E-state index contributed by atoms with van der Waals surface area (Å²) in [7, 11) is 0. The second-order valence-corrected chi connectivity index (χ2v) is 20.6. The predicted octanol–water partition coefficient (Wildman–Crippen LogP) is 11.9. The summed E-state index contributed by atoms with van der Waals surface area (Å²) in [5, 5.41) is 27.1. The Morgan fingerprint density at radius 3 is 1.61 bits per heavy atom. The van der Waals surface area contributed by atoms with E-state index in [0.29, 0.717) is 60.9 Å². The summed E-state index contributed by atoms with van der Waals surface area (Å²) in [6.07, 6.45) is 2.39. The lowest BCUT2D eigenvalue weighted by Gasteiger charge is -2.26. The van der Waals surface area contributed by atoms with Crippen molar-refractivity contribution >= 4 is 106 Å². The van der Waals surface area contributed by atoms with Gasteiger partial charge in [0.15, 0.2) is 0 Å². The Balaban J connectivity index is 0.000000205. The molecular formula is C56H58Br2Cl2N8O7. The van der Waals surface area contributed by atoms with E-state index in [0.717, 1.165) is 111 Å². The highest BCUT2D eigenvalue weighted by atomic mass is 79.9. The van der Waals surface area contributed by atoms with Crippen LogP contribution in [0.5, 0.6) is 11.5 Å². The van der Waals surface area contributed by atoms with Gasteiger partial charge < -0.3 is 24.6 Å². The molecule has 19 heteroatoms. The second kappa shape index (κ2) is 26.2. The highest BCUT2D eigenvalue weighted by Crippen LogP contribution is 2.40. The molecule has 0 aliphatic carbocycles. The average Bonchev–Trinajstić information content (AvgIpc) is 4.06. The zero-order chi connectivity index (χ0) is 53.0. The van der Waals surface area contributed by atoms with Crippen molar-refractivity contribution < 1.29 is 33.7 Å². The molecule has 1 saturated heterocycles. The number of hydrogen-bond acceptors (Lipinski definition) is 12. The van der Waals surface area contributed by atoms with Crippen LogP contribution in [0.1, 0.15) is 93.1 Å². The Morgan fingerprint density at radius 2 is 1.16 bits per heavy atom. The predicted molar refractivity (Wildman–Crippen MR) is 301 cm³/mol. The molecule has 15 nitrogen and oxygen atoms in total. The number of aliphatic carboxylic acids is 1. The molecule has 2 unspecified atom stereocenters. The number of aromatic nitrogens is 2. The number of nitrogens with one attached hydrogen (secondary N) is 1. The molecule has 6 aromatic rings. The topological polar surface area (TPSA) is 171 Å². The van der Waals surface area contributed by atoms with Crippen molar-refractivity contribution in [3.05, 3.63) is 151 Å². The largest absolute Gasteiger partial charge is 0.494 e. The van der Waals surface area contributed by atoms with E-state index >= 15 is 0 Å². The van der Waals surface area contributed by atoms with Gasteiger partial charge in [0.1, 0.15) is 21.8 Å². The number of carbonyl (C=O) groups excluding carboxylic acids is 2. The molecule has 75 heavy (non-hydrogen) atoms. The molecule has 0 spiro atoms. The number of amides is 2. The van der Waals surface area contributed by atoms with Crippen molar-refractivity contribution in [2.75, 3.05) is 52.6 Å². The lowest BCUT2D eigenvalue weighted by molar-refractivity contribution is -0.141. The highest BCUT2D eigenvalue weighted by molar-refractivity contribution is 9.10. The lowest BCUT2D eigenvalue weighted by atomic mass is 9.98. The Kier molecular flexibility index (Phi) is 19.3. The summed E-state index contributed by atoms with van der Waals surface area (Å²) in [5.74, 6) is -0.0429. The maximum Gasteiger partial charge on any atom is 0.303 e. The van der Waals surface area contributed by atoms with Gasteiger partial charge in [-0.3, -0.25) is 19.3 Å². The van der Waals surface area contributed by atoms with Crippen molar-refractivity contribution in [3.63, 3.8) is 0 Å². The number of pyridine rings is 2. The third-order valence-electron chi connectivity index (χ3n) is 12.9. The van der Waals surface area contributed by atoms with Gasteiger partial charge in [-0.15, -0.1) is 0 Å². The van der Waals surface area contributed by atoms with Crippen LogP contribution in [0.4, 0.5) is 0 Å². The minimum atomic E-state index is -1.04. The van der Waals surface area contributed by atoms with E-state index in [1.54, 1.807) is 5.01 Å². The van der Waals surface area contributed by atoms with Crippen molar-refractivity contribution in [2.24, 2.45) is 10.2 Å². The van der Waals surface area contributed by atoms with Gasteiger partial charge >= 0.3 is 5.97 Å². The first kappa shape index (κ1) is 55.3. The molecular weight excluding hydrogens is 1130 g/mol. The smallest absolute Gasteiger partial charge is 0.303 e. The van der Waals surface area contributed by atoms with Crippen LogP contribution in [0.15, 0.2) is 128 Å². The summed E-state index contributed by atoms with van der Waals surface area (Å²) < 4.78 is 18.5. The first-order valence-corrected chi connectivity index (χ1v) is 27.3. The number of hydrogen-bond donors (Lipinski definition) is 2. The fourth-order valence-corrected chi connectivity index (χ4v) is 10.1. The molecule has 2 amide bonds. The van der Waals surface area contributed by atoms with Crippen molar-refractivity contribution in [1.29, 1.82) is 0 Å². The van der Waals surface area contributed by atoms with Gasteiger partial charge in [-0.05, 0) is 105 Å². The molecule has 5 heterocycles. The maximum absolute atomic E-state index is 13.6. The maximum atomic E-state index is 13.6. The van der Waals surface area contributed by atoms with Crippen LogP contribution < -0.4 is 14.8 Å². The van der Waals surface area contributed by atoms with E-state index in [1.807, 2.05) is 111 Å². The second-order valence-electron chi connectivity index (χ2n) is 18.1. The number of rotatable bonds is 19. The van der Waals surface area contributed by atoms with E-state index in [-0.39, 0.29) is 35.9 Å². The normalized spacial score (nSPS) is 16.6. The molecule has 9 rings (SSSR count). The van der Waals surface area contributed by atoms with Gasteiger partial charge in [-0.1, -0.05) is 85.9 Å². The Morgan fingerprint density at radius 1 is 0.693 bits per heavy atom. The zero-order valence-electron chi connectivity index (χ0n) is 41.7. The van der Waals surface area contributed by atoms with E-state index in [1.165, 1.54) is 5.01 Å². The van der Waals surface area contributed by atoms with E-state index in [9.17, 15) is 14.4 Å². The van der Waals surface area contributed by atoms with Crippen molar-refractivity contribution in [2.45, 2.75) is 70.9 Å². The quantitative estimate of drug-likeness (QED) is 0.0584. The fraction of sp³-hybridized carbons (Fsp3) is 0.339. The van der Waals surface area contributed by atoms with Gasteiger partial charge in [-0.2, -0.15) is 10.2 Å². The molecule has 2 aromatic heterocycles. The molecule has 4 aromatic carbocycles. The standard InChI is InChI=1S/C32H37BrClN5O3.C24H21BrClN3O4/c1-3-42-26-11-8-24-19-27(32(34)36-28(24)20-26)30-21-29(23-6-9-25(33)10-7-23)37-39(30)31(40)12-5-22(2)35-13-4-14-38-15-17-41-18-16-38;1-2-33-17-8-5-15-11-18(24(26)27-19(15)12-17)21-13-20(14-3-6-16(25)7-4-14)28-29(21)22(30)9-10-23(31)32/h6-11,19-20,30,35H,2-5,12-18,21H2,1H3;3-8,11-12,21H,2,9-10,13H2,1H3,(H,31,32). The van der Waals surface area contributed by atoms with E-state index < -0.39 is 12.0 Å². The number of halogens is 4. The van der Waals surface area contributed by atoms with Crippen LogP contribution in [0, 0.1) is 0 Å². The number of morpholine rings is 1. The fourth-order valence-electron chi connectivity index (χ4n) is 9.04. The van der Waals surface area contributed by atoms with Gasteiger partial charge in [0, 0.05) is 94.0 Å². The number of allylic oxidation sites excluding steroid dienone is 1. The Labute approximate surface area is 463 Å². The summed E-state index contributed by atoms with van der Waals surface area (Å²) in [6, 6.07) is 30.0. The van der Waals surface area contributed by atoms with Gasteiger partial charge in [0.25, 0.3) is 0 Å². The van der Waals surface area contributed by atoms with Crippen LogP contribution in [0.3, 0.4) is 0 Å². The van der Waals surface area contributed by atoms with E-state index in [2.05, 4.69) is 63.7 Å². The SMILES string of the molecule is C=C(CCC(=O)N1N=C(c2ccc(Br)cc2)CC1c1cc2ccc(OCC)cc2nc1Cl)NCCCN1CCOCC1.CCOc1ccc2cc(C3CC(c4ccc(Br)cc4)=NN3C(=O)CCC(=O)O)c(Cl)nc2c1. The number of fused-ring (bicyclic) bond motifs is 2. The van der Waals surface area contributed by atoms with Crippen LogP contribution >= 0.6 is 55.1 Å². The zero-order valence-corrected chi connectivity index (χ0v) is 46.4. The first-order chi connectivity index (χ1) is 36.3. The van der Waals surface area contributed by atoms with Crippen molar-refractivity contribution in [3.8, 4) is 11.5 Å². The summed E-state index contributed by atoms with van der Waals surface area (Å²) >= 11 is 20.3. The van der Waals surface area contributed by atoms with Gasteiger partial charge in [0.05, 0.1) is 67.4 Å². The van der Waals surface area contributed by atoms with Crippen molar-refractivity contribution in [1.82, 2.24) is 30.2 Å². The molecule has 1 fully saturated rings. The molecule has 0 saturated carbocycles. The number of ether oxygens (including phenoxy) is 3. The Hall–Kier alpha value is -5.95. The number of benzene rings is 4. The molecule has 3 aliphatic heterocycles. The molecule has 0 radical (unpaired) electrons. The molecule has 2 atom stereocenters. The number of hydrazone groups is 2. The van der Waals surface area contributed by atoms with Gasteiger partial charge in [0.2, 0.25) is 11.8 Å². The third-order valence-corrected chi connectivity index (χ3v) is 14.6. The van der Waals surface area contributed by atoms with Crippen LogP contribution in [0.2, 0.25) is 10.3 Å². The number of carbonyl (C=O) groups is 3. The summed E-state index contributed by atoms with van der Waals surface area (Å²) in [4.78, 5) is 49.2. The van der Waals surface area contributed by atoms with Gasteiger partial charge in [-0.25, -0.2) is 20.0 Å². The average molecular weight is 1190 g/mol. The monoisotopic (exact) mass is 1180 g/mol. The number of carboxylic acids is 1. The number of carboxylic acid groups (broad SMARTS) is 1. The van der Waals surface area contributed by atoms with Crippen LogP contribution in [-0.2, 0) is 19.1 Å².